The van der Waals surface area contributed by atoms with Gasteiger partial charge in [0.2, 0.25) is 5.91 Å². The number of rotatable bonds is 5. The summed E-state index contributed by atoms with van der Waals surface area (Å²) in [6, 6.07) is 6.71. The molecule has 0 spiro atoms. The topological polar surface area (TPSA) is 64.4 Å². The van der Waals surface area contributed by atoms with E-state index < -0.39 is 0 Å². The Labute approximate surface area is 177 Å². The quantitative estimate of drug-likeness (QED) is 0.715. The summed E-state index contributed by atoms with van der Waals surface area (Å²) < 4.78 is 6.91. The van der Waals surface area contributed by atoms with Crippen molar-refractivity contribution in [3.63, 3.8) is 0 Å². The molecule has 1 aliphatic heterocycles. The van der Waals surface area contributed by atoms with Gasteiger partial charge in [0, 0.05) is 24.3 Å². The Morgan fingerprint density at radius 1 is 1.10 bits per heavy atom. The third-order valence-electron chi connectivity index (χ3n) is 7.00. The first-order valence-electron chi connectivity index (χ1n) is 11.3. The van der Waals surface area contributed by atoms with E-state index in [1.54, 1.807) is 17.2 Å². The van der Waals surface area contributed by atoms with E-state index in [0.29, 0.717) is 18.2 Å². The molecule has 158 valence electrons. The number of esters is 1. The molecule has 0 N–H and O–H groups in total. The minimum Gasteiger partial charge on any atom is -0.461 e. The van der Waals surface area contributed by atoms with Crippen LogP contribution in [0.5, 0.6) is 0 Å². The molecular formula is C24H29N3O3. The Morgan fingerprint density at radius 2 is 1.93 bits per heavy atom. The fourth-order valence-electron chi connectivity index (χ4n) is 5.33. The number of ether oxygens (including phenoxy) is 1. The highest BCUT2D eigenvalue weighted by molar-refractivity contribution is 5.89. The average Bonchev–Trinajstić information content (AvgIpc) is 3.33. The Morgan fingerprint density at radius 3 is 2.67 bits per heavy atom. The van der Waals surface area contributed by atoms with Crippen LogP contribution in [0.1, 0.15) is 70.5 Å². The van der Waals surface area contributed by atoms with Crippen molar-refractivity contribution >= 4 is 11.9 Å². The number of piperidine rings is 1. The maximum Gasteiger partial charge on any atom is 0.359 e. The zero-order valence-electron chi connectivity index (χ0n) is 17.7. The van der Waals surface area contributed by atoms with Crippen LogP contribution in [0.15, 0.2) is 18.2 Å². The summed E-state index contributed by atoms with van der Waals surface area (Å²) in [7, 11) is 0. The molecular weight excluding hydrogens is 378 g/mol. The van der Waals surface area contributed by atoms with Crippen LogP contribution in [0, 0.1) is 0 Å². The molecule has 1 aromatic heterocycles. The minimum atomic E-state index is -0.373. The maximum atomic E-state index is 13.0. The van der Waals surface area contributed by atoms with Crippen LogP contribution in [0.2, 0.25) is 0 Å². The summed E-state index contributed by atoms with van der Waals surface area (Å²) >= 11 is 0. The number of amides is 1. The van der Waals surface area contributed by atoms with Gasteiger partial charge in [-0.05, 0) is 74.5 Å². The molecule has 0 atom stereocenters. The fourth-order valence-corrected chi connectivity index (χ4v) is 5.33. The summed E-state index contributed by atoms with van der Waals surface area (Å²) in [4.78, 5) is 27.2. The molecule has 2 heterocycles. The van der Waals surface area contributed by atoms with Crippen LogP contribution in [0.25, 0.3) is 0 Å². The van der Waals surface area contributed by atoms with Crippen molar-refractivity contribution < 1.29 is 14.3 Å². The van der Waals surface area contributed by atoms with Gasteiger partial charge in [-0.2, -0.15) is 5.10 Å². The molecule has 0 bridgehead atoms. The first-order valence-corrected chi connectivity index (χ1v) is 11.3. The Kier molecular flexibility index (Phi) is 5.09. The van der Waals surface area contributed by atoms with Gasteiger partial charge >= 0.3 is 5.97 Å². The molecule has 2 aliphatic carbocycles. The standard InChI is InChI=1S/C24H29N3O3/c1-2-30-24(29)23-20-7-4-8-21(20)27(25-23)15-22(28)26-13-11-17(12-14-26)18-6-3-5-16-9-10-19(16)18/h3,5-6,17H,2,4,7-15H2,1H3. The lowest BCUT2D eigenvalue weighted by atomic mass is 9.78. The summed E-state index contributed by atoms with van der Waals surface area (Å²) in [5.74, 6) is 0.290. The normalized spacial score (nSPS) is 18.0. The predicted octanol–water partition coefficient (Wildman–Crippen LogP) is 3.05. The van der Waals surface area contributed by atoms with Crippen LogP contribution in [-0.2, 0) is 41.8 Å². The minimum absolute atomic E-state index is 0.0992. The SMILES string of the molecule is CCOC(=O)c1nn(CC(=O)N2CCC(c3cccc4c3CC4)CC2)c2c1CCC2. The number of aryl methyl sites for hydroxylation is 1. The van der Waals surface area contributed by atoms with Crippen LogP contribution in [0.4, 0.5) is 0 Å². The molecule has 6 heteroatoms. The molecule has 5 rings (SSSR count). The second kappa shape index (κ2) is 7.89. The molecule has 2 aromatic rings. The maximum absolute atomic E-state index is 13.0. The highest BCUT2D eigenvalue weighted by atomic mass is 16.5. The molecule has 0 saturated carbocycles. The lowest BCUT2D eigenvalue weighted by Gasteiger charge is -2.35. The van der Waals surface area contributed by atoms with Gasteiger partial charge in [0.1, 0.15) is 6.54 Å². The second-order valence-corrected chi connectivity index (χ2v) is 8.65. The van der Waals surface area contributed by atoms with E-state index in [4.69, 9.17) is 4.74 Å². The third kappa shape index (κ3) is 3.32. The fraction of sp³-hybridized carbons (Fsp3) is 0.542. The van der Waals surface area contributed by atoms with Crippen molar-refractivity contribution in [3.05, 3.63) is 51.8 Å². The third-order valence-corrected chi connectivity index (χ3v) is 7.00. The van der Waals surface area contributed by atoms with Crippen molar-refractivity contribution in [3.8, 4) is 0 Å². The lowest BCUT2D eigenvalue weighted by Crippen LogP contribution is -2.40. The van der Waals surface area contributed by atoms with E-state index in [2.05, 4.69) is 23.3 Å². The monoisotopic (exact) mass is 407 g/mol. The van der Waals surface area contributed by atoms with Crippen molar-refractivity contribution in [2.24, 2.45) is 0 Å². The molecule has 30 heavy (non-hydrogen) atoms. The van der Waals surface area contributed by atoms with Crippen molar-refractivity contribution in [2.45, 2.75) is 64.3 Å². The van der Waals surface area contributed by atoms with E-state index >= 15 is 0 Å². The van der Waals surface area contributed by atoms with Gasteiger partial charge in [-0.3, -0.25) is 9.48 Å². The number of hydrogen-bond donors (Lipinski definition) is 0. The van der Waals surface area contributed by atoms with E-state index in [0.717, 1.165) is 56.5 Å². The van der Waals surface area contributed by atoms with Crippen LogP contribution >= 0.6 is 0 Å². The van der Waals surface area contributed by atoms with Crippen LogP contribution in [-0.4, -0.2) is 46.3 Å². The number of benzene rings is 1. The molecule has 0 unspecified atom stereocenters. The first-order chi connectivity index (χ1) is 14.7. The van der Waals surface area contributed by atoms with Gasteiger partial charge in [0.25, 0.3) is 0 Å². The van der Waals surface area contributed by atoms with Crippen LogP contribution < -0.4 is 0 Å². The van der Waals surface area contributed by atoms with Gasteiger partial charge in [-0.25, -0.2) is 4.79 Å². The highest BCUT2D eigenvalue weighted by Crippen LogP contribution is 2.36. The van der Waals surface area contributed by atoms with E-state index in [-0.39, 0.29) is 18.4 Å². The molecule has 6 nitrogen and oxygen atoms in total. The molecule has 3 aliphatic rings. The predicted molar refractivity (Wildman–Crippen MR) is 113 cm³/mol. The van der Waals surface area contributed by atoms with Gasteiger partial charge in [-0.15, -0.1) is 0 Å². The second-order valence-electron chi connectivity index (χ2n) is 8.65. The number of fused-ring (bicyclic) bond motifs is 2. The van der Waals surface area contributed by atoms with Gasteiger partial charge in [-0.1, -0.05) is 18.2 Å². The number of likely N-dealkylation sites (tertiary alicyclic amines) is 1. The lowest BCUT2D eigenvalue weighted by molar-refractivity contribution is -0.133. The smallest absolute Gasteiger partial charge is 0.359 e. The molecule has 1 saturated heterocycles. The Bertz CT molecular complexity index is 986. The highest BCUT2D eigenvalue weighted by Gasteiger charge is 2.31. The van der Waals surface area contributed by atoms with Gasteiger partial charge in [0.15, 0.2) is 5.69 Å². The van der Waals surface area contributed by atoms with Gasteiger partial charge < -0.3 is 9.64 Å². The Balaban J connectivity index is 1.24. The number of carbonyl (C=O) groups is 2. The van der Waals surface area contributed by atoms with Crippen LogP contribution in [0.3, 0.4) is 0 Å². The molecule has 1 amide bonds. The van der Waals surface area contributed by atoms with Gasteiger partial charge in [0.05, 0.1) is 6.61 Å². The summed E-state index contributed by atoms with van der Waals surface area (Å²) in [6.07, 6.45) is 7.17. The zero-order chi connectivity index (χ0) is 20.7. The van der Waals surface area contributed by atoms with E-state index in [1.165, 1.54) is 24.0 Å². The molecule has 1 fully saturated rings. The van der Waals surface area contributed by atoms with E-state index in [1.807, 2.05) is 4.90 Å². The first kappa shape index (κ1) is 19.3. The van der Waals surface area contributed by atoms with Crippen molar-refractivity contribution in [1.82, 2.24) is 14.7 Å². The van der Waals surface area contributed by atoms with E-state index in [9.17, 15) is 9.59 Å². The zero-order valence-corrected chi connectivity index (χ0v) is 17.7. The summed E-state index contributed by atoms with van der Waals surface area (Å²) in [5, 5.41) is 4.47. The van der Waals surface area contributed by atoms with Crippen molar-refractivity contribution in [1.29, 1.82) is 0 Å². The number of hydrogen-bond acceptors (Lipinski definition) is 4. The number of nitrogens with zero attached hydrogens (tertiary/aromatic N) is 3. The molecule has 0 radical (unpaired) electrons. The van der Waals surface area contributed by atoms with Crippen molar-refractivity contribution in [2.75, 3.05) is 19.7 Å². The summed E-state index contributed by atoms with van der Waals surface area (Å²) in [5.41, 5.74) is 6.98. The molecule has 1 aromatic carbocycles. The summed E-state index contributed by atoms with van der Waals surface area (Å²) in [6.45, 7) is 3.93. The number of carbonyl (C=O) groups excluding carboxylic acids is 2. The Hall–Kier alpha value is -2.63. The largest absolute Gasteiger partial charge is 0.461 e. The average molecular weight is 408 g/mol. The number of aromatic nitrogens is 2.